The number of hydrogen-bond acceptors (Lipinski definition) is 7. The molecule has 2 heterocycles. The number of nitrogens with one attached hydrogen (secondary N) is 1. The Bertz CT molecular complexity index is 760. The molecule has 1 fully saturated rings. The average molecular weight is 382 g/mol. The van der Waals surface area contributed by atoms with Gasteiger partial charge in [0.1, 0.15) is 17.8 Å². The second-order valence-electron chi connectivity index (χ2n) is 6.08. The van der Waals surface area contributed by atoms with Crippen molar-refractivity contribution >= 4 is 23.0 Å². The van der Waals surface area contributed by atoms with Gasteiger partial charge in [-0.2, -0.15) is 0 Å². The third-order valence-electron chi connectivity index (χ3n) is 4.33. The van der Waals surface area contributed by atoms with Gasteiger partial charge in [-0.1, -0.05) is 6.92 Å². The predicted molar refractivity (Wildman–Crippen MR) is 97.2 cm³/mol. The van der Waals surface area contributed by atoms with E-state index >= 15 is 0 Å². The van der Waals surface area contributed by atoms with Gasteiger partial charge in [0.05, 0.1) is 0 Å². The fourth-order valence-electron chi connectivity index (χ4n) is 2.89. The second kappa shape index (κ2) is 7.87. The summed E-state index contributed by atoms with van der Waals surface area (Å²) in [5, 5.41) is 3.01. The van der Waals surface area contributed by atoms with Crippen LogP contribution in [0.5, 0.6) is 5.75 Å². The third kappa shape index (κ3) is 4.91. The van der Waals surface area contributed by atoms with E-state index in [0.717, 1.165) is 32.7 Å². The maximum absolute atomic E-state index is 12.2. The molecule has 3 N–H and O–H groups in total. The number of rotatable bonds is 5. The Labute approximate surface area is 154 Å². The first-order valence-corrected chi connectivity index (χ1v) is 8.56. The Kier molecular flexibility index (Phi) is 5.54. The molecule has 0 saturated carbocycles. The van der Waals surface area contributed by atoms with Crippen LogP contribution in [0.3, 0.4) is 0 Å². The lowest BCUT2D eigenvalue weighted by molar-refractivity contribution is -0.274. The normalized spacial score (nSPS) is 15.6. The molecule has 0 atom stereocenters. The highest BCUT2D eigenvalue weighted by Crippen LogP contribution is 2.30. The summed E-state index contributed by atoms with van der Waals surface area (Å²) in [5.74, 6) is 0.765. The molecular weight excluding hydrogens is 361 g/mol. The van der Waals surface area contributed by atoms with Gasteiger partial charge in [0.15, 0.2) is 11.6 Å². The van der Waals surface area contributed by atoms with Gasteiger partial charge in [0.2, 0.25) is 0 Å². The lowest BCUT2D eigenvalue weighted by atomic mass is 10.2. The van der Waals surface area contributed by atoms with Crippen LogP contribution >= 0.6 is 0 Å². The zero-order valence-electron chi connectivity index (χ0n) is 14.8. The van der Waals surface area contributed by atoms with E-state index in [1.165, 1.54) is 30.6 Å². The van der Waals surface area contributed by atoms with Gasteiger partial charge in [-0.25, -0.2) is 9.97 Å². The largest absolute Gasteiger partial charge is 0.573 e. The summed E-state index contributed by atoms with van der Waals surface area (Å²) in [6.07, 6.45) is -3.30. The molecule has 1 aliphatic rings. The quantitative estimate of drug-likeness (QED) is 0.823. The lowest BCUT2D eigenvalue weighted by Gasteiger charge is -2.35. The monoisotopic (exact) mass is 382 g/mol. The van der Waals surface area contributed by atoms with Gasteiger partial charge in [-0.05, 0) is 30.8 Å². The minimum Gasteiger partial charge on any atom is -0.406 e. The van der Waals surface area contributed by atoms with Crippen molar-refractivity contribution < 1.29 is 17.9 Å². The first-order valence-electron chi connectivity index (χ1n) is 8.56. The van der Waals surface area contributed by atoms with Crippen molar-refractivity contribution in [1.82, 2.24) is 14.9 Å². The highest BCUT2D eigenvalue weighted by molar-refractivity contribution is 5.78. The summed E-state index contributed by atoms with van der Waals surface area (Å²) in [7, 11) is 0. The number of alkyl halides is 3. The maximum Gasteiger partial charge on any atom is 0.573 e. The van der Waals surface area contributed by atoms with Crippen LogP contribution in [0.2, 0.25) is 0 Å². The minimum absolute atomic E-state index is 0.293. The molecule has 7 nitrogen and oxygen atoms in total. The fourth-order valence-corrected chi connectivity index (χ4v) is 2.89. The van der Waals surface area contributed by atoms with E-state index < -0.39 is 6.36 Å². The van der Waals surface area contributed by atoms with Gasteiger partial charge in [0, 0.05) is 31.9 Å². The molecule has 1 aromatic carbocycles. The first-order chi connectivity index (χ1) is 12.9. The highest BCUT2D eigenvalue weighted by atomic mass is 19.4. The average Bonchev–Trinajstić information content (AvgIpc) is 2.64. The minimum atomic E-state index is -4.72. The number of nitrogens with zero attached hydrogens (tertiary/aromatic N) is 4. The fraction of sp³-hybridized carbons (Fsp3) is 0.412. The van der Waals surface area contributed by atoms with E-state index in [4.69, 9.17) is 5.73 Å². The van der Waals surface area contributed by atoms with Crippen LogP contribution in [-0.2, 0) is 0 Å². The standard InChI is InChI=1S/C17H21F3N6O/c1-2-25-7-9-26(10-8-25)16-14(21)15(22-11-23-16)24-12-3-5-13(6-4-12)27-17(18,19)20/h3-6,11H,2,7-10,21H2,1H3,(H,22,23,24). The van der Waals surface area contributed by atoms with E-state index in [9.17, 15) is 13.2 Å². The van der Waals surface area contributed by atoms with Gasteiger partial charge in [-0.3, -0.25) is 0 Å². The number of piperazine rings is 1. The van der Waals surface area contributed by atoms with Crippen LogP contribution in [0, 0.1) is 0 Å². The Hall–Kier alpha value is -2.75. The molecule has 27 heavy (non-hydrogen) atoms. The van der Waals surface area contributed by atoms with E-state index in [2.05, 4.69) is 36.7 Å². The molecule has 10 heteroatoms. The molecule has 1 saturated heterocycles. The van der Waals surface area contributed by atoms with Crippen LogP contribution in [0.25, 0.3) is 0 Å². The summed E-state index contributed by atoms with van der Waals surface area (Å²) in [5.41, 5.74) is 7.17. The smallest absolute Gasteiger partial charge is 0.406 e. The summed E-state index contributed by atoms with van der Waals surface area (Å²) in [6, 6.07) is 5.36. The number of likely N-dealkylation sites (N-methyl/N-ethyl adjacent to an activating group) is 1. The number of nitrogen functional groups attached to an aromatic ring is 1. The van der Waals surface area contributed by atoms with Crippen LogP contribution in [0.4, 0.5) is 36.2 Å². The van der Waals surface area contributed by atoms with Gasteiger partial charge < -0.3 is 25.6 Å². The number of halogens is 3. The second-order valence-corrected chi connectivity index (χ2v) is 6.08. The van der Waals surface area contributed by atoms with Gasteiger partial charge >= 0.3 is 6.36 Å². The van der Waals surface area contributed by atoms with Crippen LogP contribution in [-0.4, -0.2) is 54.0 Å². The van der Waals surface area contributed by atoms with E-state index in [0.29, 0.717) is 23.0 Å². The maximum atomic E-state index is 12.2. The lowest BCUT2D eigenvalue weighted by Crippen LogP contribution is -2.46. The molecular formula is C17H21F3N6O. The molecule has 0 aliphatic carbocycles. The molecule has 0 unspecified atom stereocenters. The molecule has 1 aromatic heterocycles. The number of ether oxygens (including phenoxy) is 1. The summed E-state index contributed by atoms with van der Waals surface area (Å²) >= 11 is 0. The molecule has 0 spiro atoms. The molecule has 2 aromatic rings. The summed E-state index contributed by atoms with van der Waals surface area (Å²) in [6.45, 7) is 6.64. The molecule has 0 bridgehead atoms. The van der Waals surface area contributed by atoms with Crippen molar-refractivity contribution in [1.29, 1.82) is 0 Å². The van der Waals surface area contributed by atoms with Crippen LogP contribution < -0.4 is 20.7 Å². The zero-order chi connectivity index (χ0) is 19.4. The first kappa shape index (κ1) is 19.0. The van der Waals surface area contributed by atoms with E-state index in [1.54, 1.807) is 0 Å². The third-order valence-corrected chi connectivity index (χ3v) is 4.33. The predicted octanol–water partition coefficient (Wildman–Crippen LogP) is 2.84. The number of hydrogen-bond donors (Lipinski definition) is 2. The zero-order valence-corrected chi connectivity index (χ0v) is 14.8. The Morgan fingerprint density at radius 2 is 1.78 bits per heavy atom. The Balaban J connectivity index is 1.71. The van der Waals surface area contributed by atoms with Crippen molar-refractivity contribution in [3.63, 3.8) is 0 Å². The molecule has 3 rings (SSSR count). The van der Waals surface area contributed by atoms with Crippen molar-refractivity contribution in [2.45, 2.75) is 13.3 Å². The molecule has 0 amide bonds. The van der Waals surface area contributed by atoms with Gasteiger partial charge in [0.25, 0.3) is 0 Å². The molecule has 1 aliphatic heterocycles. The van der Waals surface area contributed by atoms with Crippen molar-refractivity contribution in [2.24, 2.45) is 0 Å². The number of nitrogens with two attached hydrogens (primary N) is 1. The number of benzene rings is 1. The van der Waals surface area contributed by atoms with Crippen molar-refractivity contribution in [2.75, 3.05) is 48.7 Å². The van der Waals surface area contributed by atoms with Crippen LogP contribution in [0.1, 0.15) is 6.92 Å². The topological polar surface area (TPSA) is 79.5 Å². The highest BCUT2D eigenvalue weighted by Gasteiger charge is 2.31. The van der Waals surface area contributed by atoms with Crippen molar-refractivity contribution in [3.05, 3.63) is 30.6 Å². The summed E-state index contributed by atoms with van der Waals surface area (Å²) < 4.78 is 40.6. The Morgan fingerprint density at radius 1 is 1.11 bits per heavy atom. The van der Waals surface area contributed by atoms with E-state index in [1.807, 2.05) is 0 Å². The summed E-state index contributed by atoms with van der Waals surface area (Å²) in [4.78, 5) is 12.9. The molecule has 0 radical (unpaired) electrons. The van der Waals surface area contributed by atoms with Gasteiger partial charge in [-0.15, -0.1) is 13.2 Å². The number of aromatic nitrogens is 2. The Morgan fingerprint density at radius 3 is 2.37 bits per heavy atom. The van der Waals surface area contributed by atoms with E-state index in [-0.39, 0.29) is 5.75 Å². The SMILES string of the molecule is CCN1CCN(c2ncnc(Nc3ccc(OC(F)(F)F)cc3)c2N)CC1. The van der Waals surface area contributed by atoms with Crippen molar-refractivity contribution in [3.8, 4) is 5.75 Å². The molecule has 146 valence electrons. The number of anilines is 4. The van der Waals surface area contributed by atoms with Crippen LogP contribution in [0.15, 0.2) is 30.6 Å².